The van der Waals surface area contributed by atoms with Crippen LogP contribution in [0.15, 0.2) is 18.2 Å². The number of pyridine rings is 1. The monoisotopic (exact) mass is 451 g/mol. The summed E-state index contributed by atoms with van der Waals surface area (Å²) in [4.78, 5) is 7.67. The molecule has 5 nitrogen and oxygen atoms in total. The highest BCUT2D eigenvalue weighted by atomic mass is 16.5. The number of hydrogen-bond donors (Lipinski definition) is 1. The zero-order valence-electron chi connectivity index (χ0n) is 21.2. The standard InChI is InChI=1S/C28H41N3O2/c1-6-15-31(7-2)16-10-17-33-25-19-23-22(18-24(25)32-5)27-21(13-14-28(3,4)30-27)26(29-23)20-11-8-9-12-20/h11,18-19,30H,6-10,12-17H2,1-5H3. The third kappa shape index (κ3) is 5.29. The fraction of sp³-hybridized carbons (Fsp3) is 0.607. The number of aromatic nitrogens is 1. The molecule has 33 heavy (non-hydrogen) atoms. The Morgan fingerprint density at radius 3 is 2.67 bits per heavy atom. The minimum Gasteiger partial charge on any atom is -0.493 e. The molecule has 1 aliphatic heterocycles. The molecular formula is C28H41N3O2. The topological polar surface area (TPSA) is 46.6 Å². The number of benzene rings is 1. The fourth-order valence-corrected chi connectivity index (χ4v) is 5.17. The number of nitrogens with zero attached hydrogens (tertiary/aromatic N) is 2. The van der Waals surface area contributed by atoms with E-state index in [1.165, 1.54) is 35.4 Å². The highest BCUT2D eigenvalue weighted by Gasteiger charge is 2.30. The van der Waals surface area contributed by atoms with E-state index < -0.39 is 0 Å². The molecule has 0 atom stereocenters. The van der Waals surface area contributed by atoms with E-state index in [0.29, 0.717) is 6.61 Å². The summed E-state index contributed by atoms with van der Waals surface area (Å²) in [6.45, 7) is 13.0. The molecule has 180 valence electrons. The summed E-state index contributed by atoms with van der Waals surface area (Å²) >= 11 is 0. The first-order valence-corrected chi connectivity index (χ1v) is 12.8. The SMILES string of the molecule is CCCN(CC)CCCOc1cc2nc(C3=CCCC3)c3c(c2cc1OC)NC(C)(C)CC3. The van der Waals surface area contributed by atoms with Crippen molar-refractivity contribution in [3.05, 3.63) is 29.5 Å². The van der Waals surface area contributed by atoms with Crippen LogP contribution in [0.2, 0.25) is 0 Å². The van der Waals surface area contributed by atoms with Crippen molar-refractivity contribution in [2.45, 2.75) is 78.2 Å². The van der Waals surface area contributed by atoms with Crippen molar-refractivity contribution in [2.75, 3.05) is 38.7 Å². The van der Waals surface area contributed by atoms with Gasteiger partial charge in [0.15, 0.2) is 11.5 Å². The Bertz CT molecular complexity index is 1010. The Morgan fingerprint density at radius 1 is 1.12 bits per heavy atom. The zero-order chi connectivity index (χ0) is 23.4. The predicted octanol–water partition coefficient (Wildman–Crippen LogP) is 6.45. The van der Waals surface area contributed by atoms with Gasteiger partial charge in [-0.15, -0.1) is 0 Å². The molecule has 5 heteroatoms. The summed E-state index contributed by atoms with van der Waals surface area (Å²) in [5.74, 6) is 1.57. The maximum absolute atomic E-state index is 6.23. The molecule has 4 rings (SSSR count). The van der Waals surface area contributed by atoms with Gasteiger partial charge in [0.1, 0.15) is 0 Å². The van der Waals surface area contributed by atoms with Crippen molar-refractivity contribution in [2.24, 2.45) is 0 Å². The second-order valence-electron chi connectivity index (χ2n) is 10.1. The summed E-state index contributed by atoms with van der Waals surface area (Å²) < 4.78 is 12.0. The third-order valence-corrected chi connectivity index (χ3v) is 7.04. The Hall–Kier alpha value is -2.27. The van der Waals surface area contributed by atoms with Crippen molar-refractivity contribution >= 4 is 22.2 Å². The van der Waals surface area contributed by atoms with Crippen molar-refractivity contribution in [1.82, 2.24) is 9.88 Å². The second kappa shape index (κ2) is 10.3. The number of hydrogen-bond acceptors (Lipinski definition) is 5. The van der Waals surface area contributed by atoms with Gasteiger partial charge in [-0.2, -0.15) is 0 Å². The largest absolute Gasteiger partial charge is 0.493 e. The third-order valence-electron chi connectivity index (χ3n) is 7.04. The average Bonchev–Trinajstić information content (AvgIpc) is 3.34. The van der Waals surface area contributed by atoms with Gasteiger partial charge >= 0.3 is 0 Å². The van der Waals surface area contributed by atoms with Crippen molar-refractivity contribution in [3.8, 4) is 11.5 Å². The van der Waals surface area contributed by atoms with Crippen molar-refractivity contribution in [3.63, 3.8) is 0 Å². The molecule has 0 fully saturated rings. The predicted molar refractivity (Wildman–Crippen MR) is 139 cm³/mol. The number of methoxy groups -OCH3 is 1. The molecule has 2 aliphatic rings. The first kappa shape index (κ1) is 23.9. The maximum Gasteiger partial charge on any atom is 0.163 e. The Morgan fingerprint density at radius 2 is 1.97 bits per heavy atom. The van der Waals surface area contributed by atoms with Crippen LogP contribution in [0.4, 0.5) is 5.69 Å². The smallest absolute Gasteiger partial charge is 0.163 e. The van der Waals surface area contributed by atoms with Crippen LogP contribution in [0.25, 0.3) is 16.5 Å². The lowest BCUT2D eigenvalue weighted by Gasteiger charge is -2.35. The van der Waals surface area contributed by atoms with E-state index in [1.807, 2.05) is 0 Å². The molecule has 0 unspecified atom stereocenters. The summed E-state index contributed by atoms with van der Waals surface area (Å²) in [6, 6.07) is 4.20. The van der Waals surface area contributed by atoms with E-state index in [4.69, 9.17) is 14.5 Å². The van der Waals surface area contributed by atoms with Crippen LogP contribution in [-0.4, -0.2) is 48.8 Å². The minimum absolute atomic E-state index is 0.0641. The van der Waals surface area contributed by atoms with E-state index in [-0.39, 0.29) is 5.54 Å². The van der Waals surface area contributed by atoms with Crippen LogP contribution in [0.3, 0.4) is 0 Å². The Balaban J connectivity index is 1.66. The molecule has 0 saturated heterocycles. The average molecular weight is 452 g/mol. The molecule has 0 amide bonds. The molecule has 2 heterocycles. The first-order chi connectivity index (χ1) is 16.0. The number of allylic oxidation sites excluding steroid dienone is 2. The number of anilines is 1. The highest BCUT2D eigenvalue weighted by Crippen LogP contribution is 2.44. The van der Waals surface area contributed by atoms with Gasteiger partial charge in [-0.1, -0.05) is 19.9 Å². The summed E-state index contributed by atoms with van der Waals surface area (Å²) in [6.07, 6.45) is 10.2. The molecule has 1 aromatic heterocycles. The molecule has 1 aromatic carbocycles. The van der Waals surface area contributed by atoms with Gasteiger partial charge in [-0.25, -0.2) is 4.98 Å². The molecule has 0 spiro atoms. The van der Waals surface area contributed by atoms with Gasteiger partial charge in [0.25, 0.3) is 0 Å². The van der Waals surface area contributed by atoms with E-state index >= 15 is 0 Å². The van der Waals surface area contributed by atoms with Crippen LogP contribution in [0.5, 0.6) is 11.5 Å². The van der Waals surface area contributed by atoms with Gasteiger partial charge < -0.3 is 19.7 Å². The molecule has 2 aromatic rings. The van der Waals surface area contributed by atoms with Gasteiger partial charge in [-0.05, 0) is 83.5 Å². The van der Waals surface area contributed by atoms with Gasteiger partial charge in [0.2, 0.25) is 0 Å². The van der Waals surface area contributed by atoms with Crippen LogP contribution in [0.1, 0.15) is 77.5 Å². The van der Waals surface area contributed by atoms with E-state index in [1.54, 1.807) is 7.11 Å². The van der Waals surface area contributed by atoms with Crippen LogP contribution in [-0.2, 0) is 6.42 Å². The maximum atomic E-state index is 6.23. The summed E-state index contributed by atoms with van der Waals surface area (Å²) in [5.41, 5.74) is 6.23. The molecule has 1 aliphatic carbocycles. The van der Waals surface area contributed by atoms with Crippen LogP contribution < -0.4 is 14.8 Å². The Kier molecular flexibility index (Phi) is 7.48. The number of nitrogens with one attached hydrogen (secondary N) is 1. The first-order valence-electron chi connectivity index (χ1n) is 12.8. The van der Waals surface area contributed by atoms with E-state index in [2.05, 4.69) is 56.1 Å². The summed E-state index contributed by atoms with van der Waals surface area (Å²) in [5, 5.41) is 4.96. The number of ether oxygens (including phenoxy) is 2. The van der Waals surface area contributed by atoms with Crippen molar-refractivity contribution in [1.29, 1.82) is 0 Å². The molecule has 0 radical (unpaired) electrons. The van der Waals surface area contributed by atoms with Gasteiger partial charge in [-0.3, -0.25) is 0 Å². The highest BCUT2D eigenvalue weighted by molar-refractivity contribution is 5.98. The lowest BCUT2D eigenvalue weighted by atomic mass is 9.86. The van der Waals surface area contributed by atoms with Crippen LogP contribution >= 0.6 is 0 Å². The second-order valence-corrected chi connectivity index (χ2v) is 10.1. The molecular weight excluding hydrogens is 410 g/mol. The molecule has 0 bridgehead atoms. The quantitative estimate of drug-likeness (QED) is 0.421. The van der Waals surface area contributed by atoms with Gasteiger partial charge in [0.05, 0.1) is 24.9 Å². The summed E-state index contributed by atoms with van der Waals surface area (Å²) in [7, 11) is 1.73. The fourth-order valence-electron chi connectivity index (χ4n) is 5.17. The van der Waals surface area contributed by atoms with E-state index in [0.717, 1.165) is 74.1 Å². The lowest BCUT2D eigenvalue weighted by Crippen LogP contribution is -2.35. The minimum atomic E-state index is 0.0641. The van der Waals surface area contributed by atoms with Crippen LogP contribution in [0, 0.1) is 0 Å². The molecule has 0 saturated carbocycles. The molecule has 1 N–H and O–H groups in total. The van der Waals surface area contributed by atoms with Gasteiger partial charge in [0, 0.05) is 34.8 Å². The normalized spacial score (nSPS) is 17.1. The zero-order valence-corrected chi connectivity index (χ0v) is 21.2. The van der Waals surface area contributed by atoms with E-state index in [9.17, 15) is 0 Å². The lowest BCUT2D eigenvalue weighted by molar-refractivity contribution is 0.236. The number of rotatable bonds is 10. The van der Waals surface area contributed by atoms with Crippen molar-refractivity contribution < 1.29 is 9.47 Å². The Labute approximate surface area is 199 Å². The number of fused-ring (bicyclic) bond motifs is 3.